The number of hydrogen-bond acceptors (Lipinski definition) is 0. The molecule has 0 heteroatoms. The SMILES string of the molecule is C1=CC=C2C=CCCC=C3C4=C(C=CC=CC4)C(=C23)C=C1. The highest BCUT2D eigenvalue weighted by Gasteiger charge is 2.28. The van der Waals surface area contributed by atoms with Gasteiger partial charge in [-0.25, -0.2) is 0 Å². The number of allylic oxidation sites excluding steroid dienone is 18. The topological polar surface area (TPSA) is 0 Å². The third-order valence-corrected chi connectivity index (χ3v) is 4.34. The molecule has 0 heterocycles. The van der Waals surface area contributed by atoms with Crippen LogP contribution in [0.25, 0.3) is 0 Å². The normalized spacial score (nSPS) is 22.9. The second-order valence-electron chi connectivity index (χ2n) is 5.64. The third kappa shape index (κ3) is 2.08. The predicted molar refractivity (Wildman–Crippen MR) is 89.8 cm³/mol. The average Bonchev–Trinajstić information content (AvgIpc) is 2.63. The molecule has 0 atom stereocenters. The van der Waals surface area contributed by atoms with Crippen molar-refractivity contribution < 1.29 is 0 Å². The third-order valence-electron chi connectivity index (χ3n) is 4.34. The first-order valence-corrected chi connectivity index (χ1v) is 7.69. The van der Waals surface area contributed by atoms with Gasteiger partial charge < -0.3 is 0 Å². The molecule has 102 valence electrons. The second-order valence-corrected chi connectivity index (χ2v) is 5.64. The van der Waals surface area contributed by atoms with E-state index in [2.05, 4.69) is 72.9 Å². The summed E-state index contributed by atoms with van der Waals surface area (Å²) >= 11 is 0. The first kappa shape index (κ1) is 12.4. The average molecular weight is 270 g/mol. The molecule has 0 aromatic rings. The van der Waals surface area contributed by atoms with Crippen LogP contribution in [0.3, 0.4) is 0 Å². The summed E-state index contributed by atoms with van der Waals surface area (Å²) in [5, 5.41) is 0. The summed E-state index contributed by atoms with van der Waals surface area (Å²) in [6.07, 6.45) is 30.0. The second kappa shape index (κ2) is 5.21. The van der Waals surface area contributed by atoms with Crippen LogP contribution in [0.2, 0.25) is 0 Å². The van der Waals surface area contributed by atoms with Crippen molar-refractivity contribution in [2.24, 2.45) is 0 Å². The molecule has 4 aliphatic rings. The van der Waals surface area contributed by atoms with Gasteiger partial charge in [-0.05, 0) is 52.7 Å². The largest absolute Gasteiger partial charge is 0.0836 e. The highest BCUT2D eigenvalue weighted by molar-refractivity contribution is 5.77. The molecule has 0 fully saturated rings. The molecule has 0 spiro atoms. The van der Waals surface area contributed by atoms with Crippen LogP contribution in [-0.2, 0) is 0 Å². The van der Waals surface area contributed by atoms with Crippen molar-refractivity contribution in [3.63, 3.8) is 0 Å². The van der Waals surface area contributed by atoms with E-state index < -0.39 is 0 Å². The monoisotopic (exact) mass is 270 g/mol. The molecule has 0 unspecified atom stereocenters. The Bertz CT molecular complexity index is 750. The fourth-order valence-corrected chi connectivity index (χ4v) is 3.41. The molecule has 0 aromatic carbocycles. The van der Waals surface area contributed by atoms with E-state index in [4.69, 9.17) is 0 Å². The number of fused-ring (bicyclic) bond motifs is 2. The number of rotatable bonds is 0. The van der Waals surface area contributed by atoms with Gasteiger partial charge in [0, 0.05) is 0 Å². The molecule has 0 nitrogen and oxygen atoms in total. The van der Waals surface area contributed by atoms with E-state index in [1.807, 2.05) is 0 Å². The van der Waals surface area contributed by atoms with Crippen molar-refractivity contribution in [3.8, 4) is 0 Å². The maximum Gasteiger partial charge on any atom is -0.00329 e. The fourth-order valence-electron chi connectivity index (χ4n) is 3.41. The molecule has 0 radical (unpaired) electrons. The molecule has 0 N–H and O–H groups in total. The van der Waals surface area contributed by atoms with Crippen LogP contribution in [0.15, 0.2) is 106 Å². The summed E-state index contributed by atoms with van der Waals surface area (Å²) in [6, 6.07) is 0. The maximum absolute atomic E-state index is 2.43. The standard InChI is InChI=1S/C21H18/c1-4-10-16-11-5-2-9-15-20-18-13-7-3-6-12-17(18)19(14-8-1)21(16)20/h1,3-8,10-12,14-15H,2,9,13H2. The smallest absolute Gasteiger partial charge is 0.00329 e. The van der Waals surface area contributed by atoms with Crippen LogP contribution >= 0.6 is 0 Å². The first-order valence-electron chi connectivity index (χ1n) is 7.69. The quantitative estimate of drug-likeness (QED) is 0.550. The van der Waals surface area contributed by atoms with E-state index in [9.17, 15) is 0 Å². The van der Waals surface area contributed by atoms with Crippen LogP contribution in [0, 0.1) is 0 Å². The zero-order valence-corrected chi connectivity index (χ0v) is 12.0. The Hall–Kier alpha value is -2.34. The minimum Gasteiger partial charge on any atom is -0.0836 e. The summed E-state index contributed by atoms with van der Waals surface area (Å²) in [7, 11) is 0. The minimum absolute atomic E-state index is 1.03. The van der Waals surface area contributed by atoms with Gasteiger partial charge in [0.15, 0.2) is 0 Å². The molecule has 0 aliphatic heterocycles. The lowest BCUT2D eigenvalue weighted by Gasteiger charge is -2.14. The van der Waals surface area contributed by atoms with Crippen molar-refractivity contribution >= 4 is 0 Å². The fraction of sp³-hybridized carbons (Fsp3) is 0.143. The molecule has 0 saturated heterocycles. The minimum atomic E-state index is 1.03. The zero-order chi connectivity index (χ0) is 14.1. The first-order chi connectivity index (χ1) is 10.4. The Morgan fingerprint density at radius 1 is 0.714 bits per heavy atom. The van der Waals surface area contributed by atoms with Crippen molar-refractivity contribution in [1.82, 2.24) is 0 Å². The molecule has 4 rings (SSSR count). The van der Waals surface area contributed by atoms with Crippen molar-refractivity contribution in [1.29, 1.82) is 0 Å². The van der Waals surface area contributed by atoms with Crippen LogP contribution < -0.4 is 0 Å². The van der Waals surface area contributed by atoms with Crippen molar-refractivity contribution in [2.75, 3.05) is 0 Å². The number of hydrogen-bond donors (Lipinski definition) is 0. The lowest BCUT2D eigenvalue weighted by atomic mass is 9.89. The van der Waals surface area contributed by atoms with E-state index in [0.29, 0.717) is 0 Å². The van der Waals surface area contributed by atoms with Gasteiger partial charge in [-0.2, -0.15) is 0 Å². The molecular formula is C21H18. The molecular weight excluding hydrogens is 252 g/mol. The van der Waals surface area contributed by atoms with Gasteiger partial charge in [-0.15, -0.1) is 0 Å². The van der Waals surface area contributed by atoms with E-state index in [1.54, 1.807) is 0 Å². The summed E-state index contributed by atoms with van der Waals surface area (Å²) < 4.78 is 0. The van der Waals surface area contributed by atoms with Crippen LogP contribution in [0.4, 0.5) is 0 Å². The molecule has 0 bridgehead atoms. The Morgan fingerprint density at radius 2 is 1.62 bits per heavy atom. The van der Waals surface area contributed by atoms with Gasteiger partial charge in [0.25, 0.3) is 0 Å². The van der Waals surface area contributed by atoms with Gasteiger partial charge in [0.1, 0.15) is 0 Å². The van der Waals surface area contributed by atoms with E-state index in [1.165, 1.54) is 33.4 Å². The van der Waals surface area contributed by atoms with E-state index in [-0.39, 0.29) is 0 Å². The summed E-state index contributed by atoms with van der Waals surface area (Å²) in [6.45, 7) is 0. The maximum atomic E-state index is 2.43. The van der Waals surface area contributed by atoms with Gasteiger partial charge in [0.2, 0.25) is 0 Å². The Labute approximate surface area is 126 Å². The Kier molecular flexibility index (Phi) is 3.08. The van der Waals surface area contributed by atoms with E-state index >= 15 is 0 Å². The summed E-state index contributed by atoms with van der Waals surface area (Å²) in [5.74, 6) is 0. The lowest BCUT2D eigenvalue weighted by Crippen LogP contribution is -1.96. The highest BCUT2D eigenvalue weighted by Crippen LogP contribution is 2.45. The molecule has 0 saturated carbocycles. The van der Waals surface area contributed by atoms with E-state index in [0.717, 1.165) is 19.3 Å². The Balaban J connectivity index is 1.99. The van der Waals surface area contributed by atoms with Crippen LogP contribution in [0.5, 0.6) is 0 Å². The summed E-state index contributed by atoms with van der Waals surface area (Å²) in [5.41, 5.74) is 8.45. The van der Waals surface area contributed by atoms with Gasteiger partial charge in [-0.1, -0.05) is 72.9 Å². The summed E-state index contributed by atoms with van der Waals surface area (Å²) in [4.78, 5) is 0. The predicted octanol–water partition coefficient (Wildman–Crippen LogP) is 5.44. The van der Waals surface area contributed by atoms with Crippen molar-refractivity contribution in [2.45, 2.75) is 19.3 Å². The zero-order valence-electron chi connectivity index (χ0n) is 12.0. The molecule has 4 aliphatic carbocycles. The Morgan fingerprint density at radius 3 is 2.62 bits per heavy atom. The van der Waals surface area contributed by atoms with Crippen LogP contribution in [-0.4, -0.2) is 0 Å². The highest BCUT2D eigenvalue weighted by atomic mass is 14.3. The lowest BCUT2D eigenvalue weighted by molar-refractivity contribution is 1.03. The van der Waals surface area contributed by atoms with Gasteiger partial charge >= 0.3 is 0 Å². The molecule has 21 heavy (non-hydrogen) atoms. The van der Waals surface area contributed by atoms with Crippen LogP contribution in [0.1, 0.15) is 19.3 Å². The van der Waals surface area contributed by atoms with Gasteiger partial charge in [-0.3, -0.25) is 0 Å². The molecule has 0 aromatic heterocycles. The van der Waals surface area contributed by atoms with Crippen molar-refractivity contribution in [3.05, 3.63) is 106 Å². The molecule has 0 amide bonds. The van der Waals surface area contributed by atoms with Gasteiger partial charge in [0.05, 0.1) is 0 Å².